The molecule has 0 bridgehead atoms. The smallest absolute Gasteiger partial charge is 0.134 e. The van der Waals surface area contributed by atoms with Crippen molar-refractivity contribution in [3.05, 3.63) is 45.5 Å². The van der Waals surface area contributed by atoms with Crippen LogP contribution in [0.5, 0.6) is 23.0 Å². The molecule has 0 atom stereocenters. The van der Waals surface area contributed by atoms with Crippen LogP contribution in [0.4, 0.5) is 0 Å². The van der Waals surface area contributed by atoms with Crippen molar-refractivity contribution in [3.63, 3.8) is 0 Å². The van der Waals surface area contributed by atoms with Crippen molar-refractivity contribution >= 4 is 0 Å². The molecule has 0 saturated heterocycles. The highest BCUT2D eigenvalue weighted by Crippen LogP contribution is 2.39. The van der Waals surface area contributed by atoms with Crippen LogP contribution in [0.1, 0.15) is 33.4 Å². The molecule has 23 heavy (non-hydrogen) atoms. The summed E-state index contributed by atoms with van der Waals surface area (Å²) >= 11 is 0. The minimum atomic E-state index is 0.818. The first-order valence-corrected chi connectivity index (χ1v) is 7.79. The molecular formula is C20H26O3. The standard InChI is InChI=1S/C20H26O3/c1-11-13(3)17(21-7)9-19(15(11)5)23-20-10-18(22-8)14(4)12(2)16(20)6/h9-10H,1-8H3. The molecule has 0 amide bonds. The van der Waals surface area contributed by atoms with Gasteiger partial charge in [-0.05, 0) is 74.9 Å². The lowest BCUT2D eigenvalue weighted by Crippen LogP contribution is -2.00. The lowest BCUT2D eigenvalue weighted by Gasteiger charge is -2.19. The van der Waals surface area contributed by atoms with Gasteiger partial charge in [-0.25, -0.2) is 0 Å². The third-order valence-corrected chi connectivity index (χ3v) is 4.91. The quantitative estimate of drug-likeness (QED) is 0.761. The number of hydrogen-bond acceptors (Lipinski definition) is 3. The topological polar surface area (TPSA) is 27.7 Å². The van der Waals surface area contributed by atoms with E-state index in [9.17, 15) is 0 Å². The Morgan fingerprint density at radius 2 is 0.783 bits per heavy atom. The van der Waals surface area contributed by atoms with Gasteiger partial charge in [0.2, 0.25) is 0 Å². The van der Waals surface area contributed by atoms with E-state index < -0.39 is 0 Å². The van der Waals surface area contributed by atoms with Gasteiger partial charge in [-0.3, -0.25) is 0 Å². The van der Waals surface area contributed by atoms with Gasteiger partial charge < -0.3 is 14.2 Å². The van der Waals surface area contributed by atoms with Crippen LogP contribution in [-0.4, -0.2) is 14.2 Å². The molecule has 3 heteroatoms. The lowest BCUT2D eigenvalue weighted by atomic mass is 10.0. The molecule has 0 heterocycles. The van der Waals surface area contributed by atoms with Crippen molar-refractivity contribution in [3.8, 4) is 23.0 Å². The normalized spacial score (nSPS) is 10.6. The number of rotatable bonds is 4. The zero-order chi connectivity index (χ0) is 17.3. The molecule has 0 fully saturated rings. The maximum atomic E-state index is 6.24. The highest BCUT2D eigenvalue weighted by atomic mass is 16.5. The molecule has 0 saturated carbocycles. The molecule has 0 aliphatic heterocycles. The van der Waals surface area contributed by atoms with Crippen LogP contribution in [0, 0.1) is 41.5 Å². The van der Waals surface area contributed by atoms with Gasteiger partial charge in [-0.2, -0.15) is 0 Å². The van der Waals surface area contributed by atoms with Crippen molar-refractivity contribution in [2.45, 2.75) is 41.5 Å². The van der Waals surface area contributed by atoms with Gasteiger partial charge in [-0.15, -0.1) is 0 Å². The molecule has 0 unspecified atom stereocenters. The summed E-state index contributed by atoms with van der Waals surface area (Å²) in [5, 5.41) is 0. The summed E-state index contributed by atoms with van der Waals surface area (Å²) < 4.78 is 17.2. The molecule has 0 radical (unpaired) electrons. The number of hydrogen-bond donors (Lipinski definition) is 0. The van der Waals surface area contributed by atoms with E-state index in [4.69, 9.17) is 14.2 Å². The second-order valence-electron chi connectivity index (χ2n) is 6.01. The molecular weight excluding hydrogens is 288 g/mol. The van der Waals surface area contributed by atoms with Gasteiger partial charge >= 0.3 is 0 Å². The minimum absolute atomic E-state index is 0.818. The highest BCUT2D eigenvalue weighted by Gasteiger charge is 2.15. The monoisotopic (exact) mass is 314 g/mol. The predicted molar refractivity (Wildman–Crippen MR) is 94.5 cm³/mol. The number of methoxy groups -OCH3 is 2. The summed E-state index contributed by atoms with van der Waals surface area (Å²) in [4.78, 5) is 0. The first kappa shape index (κ1) is 17.2. The van der Waals surface area contributed by atoms with Crippen LogP contribution in [0.2, 0.25) is 0 Å². The van der Waals surface area contributed by atoms with E-state index in [0.717, 1.165) is 45.3 Å². The first-order chi connectivity index (χ1) is 10.8. The molecule has 3 nitrogen and oxygen atoms in total. The van der Waals surface area contributed by atoms with Gasteiger partial charge in [0.1, 0.15) is 23.0 Å². The molecule has 0 N–H and O–H groups in total. The van der Waals surface area contributed by atoms with Crippen molar-refractivity contribution in [2.24, 2.45) is 0 Å². The Balaban J connectivity index is 2.56. The molecule has 124 valence electrons. The Labute approximate surface area is 139 Å². The minimum Gasteiger partial charge on any atom is -0.496 e. The van der Waals surface area contributed by atoms with E-state index in [1.54, 1.807) is 14.2 Å². The van der Waals surface area contributed by atoms with Gasteiger partial charge in [0.25, 0.3) is 0 Å². The second kappa shape index (κ2) is 6.53. The Morgan fingerprint density at radius 3 is 1.09 bits per heavy atom. The van der Waals surface area contributed by atoms with Crippen LogP contribution in [0.25, 0.3) is 0 Å². The first-order valence-electron chi connectivity index (χ1n) is 7.79. The fourth-order valence-corrected chi connectivity index (χ4v) is 2.73. The third-order valence-electron chi connectivity index (χ3n) is 4.91. The molecule has 0 aliphatic rings. The van der Waals surface area contributed by atoms with Gasteiger partial charge in [0.05, 0.1) is 14.2 Å². The zero-order valence-corrected chi connectivity index (χ0v) is 15.4. The van der Waals surface area contributed by atoms with E-state index >= 15 is 0 Å². The number of benzene rings is 2. The fraction of sp³-hybridized carbons (Fsp3) is 0.400. The van der Waals surface area contributed by atoms with Crippen LogP contribution in [-0.2, 0) is 0 Å². The molecule has 2 rings (SSSR count). The summed E-state index contributed by atoms with van der Waals surface area (Å²) in [7, 11) is 3.37. The van der Waals surface area contributed by atoms with Crippen molar-refractivity contribution in [2.75, 3.05) is 14.2 Å². The maximum absolute atomic E-state index is 6.24. The molecule has 2 aromatic carbocycles. The van der Waals surface area contributed by atoms with Crippen LogP contribution in [0.15, 0.2) is 12.1 Å². The molecule has 0 aromatic heterocycles. The summed E-state index contributed by atoms with van der Waals surface area (Å²) in [5.41, 5.74) is 6.92. The number of ether oxygens (including phenoxy) is 3. The Morgan fingerprint density at radius 1 is 0.478 bits per heavy atom. The summed E-state index contributed by atoms with van der Waals surface area (Å²) in [6, 6.07) is 3.91. The molecule has 2 aromatic rings. The van der Waals surface area contributed by atoms with E-state index in [-0.39, 0.29) is 0 Å². The van der Waals surface area contributed by atoms with E-state index in [1.165, 1.54) is 11.1 Å². The summed E-state index contributed by atoms with van der Waals surface area (Å²) in [5.74, 6) is 3.32. The third kappa shape index (κ3) is 3.00. The fourth-order valence-electron chi connectivity index (χ4n) is 2.73. The Bertz CT molecular complexity index is 682. The zero-order valence-electron chi connectivity index (χ0n) is 15.4. The largest absolute Gasteiger partial charge is 0.496 e. The molecule has 0 aliphatic carbocycles. The van der Waals surface area contributed by atoms with E-state index in [0.29, 0.717) is 0 Å². The van der Waals surface area contributed by atoms with Crippen molar-refractivity contribution in [1.82, 2.24) is 0 Å². The van der Waals surface area contributed by atoms with Crippen molar-refractivity contribution in [1.29, 1.82) is 0 Å². The van der Waals surface area contributed by atoms with Crippen molar-refractivity contribution < 1.29 is 14.2 Å². The van der Waals surface area contributed by atoms with Gasteiger partial charge in [0.15, 0.2) is 0 Å². The average molecular weight is 314 g/mol. The summed E-state index contributed by atoms with van der Waals surface area (Å²) in [6.07, 6.45) is 0. The van der Waals surface area contributed by atoms with Gasteiger partial charge in [-0.1, -0.05) is 0 Å². The SMILES string of the molecule is COc1cc(Oc2cc(OC)c(C)c(C)c2C)c(C)c(C)c1C. The summed E-state index contributed by atoms with van der Waals surface area (Å²) in [6.45, 7) is 12.5. The Kier molecular flexibility index (Phi) is 4.88. The highest BCUT2D eigenvalue weighted by molar-refractivity contribution is 5.56. The van der Waals surface area contributed by atoms with E-state index in [2.05, 4.69) is 41.5 Å². The lowest BCUT2D eigenvalue weighted by molar-refractivity contribution is 0.398. The molecule has 0 spiro atoms. The van der Waals surface area contributed by atoms with Crippen LogP contribution < -0.4 is 14.2 Å². The van der Waals surface area contributed by atoms with E-state index in [1.807, 2.05) is 12.1 Å². The van der Waals surface area contributed by atoms with Gasteiger partial charge in [0, 0.05) is 12.1 Å². The van der Waals surface area contributed by atoms with Crippen LogP contribution >= 0.6 is 0 Å². The maximum Gasteiger partial charge on any atom is 0.134 e. The average Bonchev–Trinajstić information content (AvgIpc) is 2.55. The second-order valence-corrected chi connectivity index (χ2v) is 6.01. The Hall–Kier alpha value is -2.16. The van der Waals surface area contributed by atoms with Crippen LogP contribution in [0.3, 0.4) is 0 Å². The predicted octanol–water partition coefficient (Wildman–Crippen LogP) is 5.35.